The molecule has 0 saturated carbocycles. The monoisotopic (exact) mass is 598 g/mol. The molecule has 5 rings (SSSR count). The lowest BCUT2D eigenvalue weighted by molar-refractivity contribution is -0.166. The molecule has 13 nitrogen and oxygen atoms in total. The molecule has 0 spiro atoms. The van der Waals surface area contributed by atoms with Crippen LogP contribution in [0.4, 0.5) is 5.82 Å². The lowest BCUT2D eigenvalue weighted by Crippen LogP contribution is -2.40. The highest BCUT2D eigenvalue weighted by Crippen LogP contribution is 2.37. The van der Waals surface area contributed by atoms with Crippen LogP contribution in [-0.2, 0) is 33.3 Å². The first-order valence-electron chi connectivity index (χ1n) is 13.9. The van der Waals surface area contributed by atoms with Crippen LogP contribution >= 0.6 is 0 Å². The van der Waals surface area contributed by atoms with Crippen molar-refractivity contribution in [3.8, 4) is 6.07 Å². The van der Waals surface area contributed by atoms with E-state index in [1.807, 2.05) is 66.7 Å². The molecule has 1 N–H and O–H groups in total. The van der Waals surface area contributed by atoms with Gasteiger partial charge in [0.2, 0.25) is 5.82 Å². The number of nitrogens with one attached hydrogen (secondary N) is 1. The Balaban J connectivity index is 1.52. The van der Waals surface area contributed by atoms with Crippen molar-refractivity contribution < 1.29 is 33.3 Å². The van der Waals surface area contributed by atoms with Crippen molar-refractivity contribution in [2.24, 2.45) is 0 Å². The smallest absolute Gasteiger partial charge is 0.303 e. The highest BCUT2D eigenvalue weighted by atomic mass is 16.7. The summed E-state index contributed by atoms with van der Waals surface area (Å²) in [6.45, 7) is 3.80. The van der Waals surface area contributed by atoms with Crippen molar-refractivity contribution in [2.45, 2.75) is 51.2 Å². The Morgan fingerprint density at radius 2 is 1.55 bits per heavy atom. The fourth-order valence-corrected chi connectivity index (χ4v) is 5.19. The summed E-state index contributed by atoms with van der Waals surface area (Å²) in [7, 11) is 0. The minimum Gasteiger partial charge on any atom is -0.463 e. The maximum absolute atomic E-state index is 12.1. The molecule has 3 heterocycles. The van der Waals surface area contributed by atoms with Gasteiger partial charge in [-0.05, 0) is 11.1 Å². The summed E-state index contributed by atoms with van der Waals surface area (Å²) >= 11 is 0. The third kappa shape index (κ3) is 6.66. The fraction of sp³-hybridized carbons (Fsp3) is 0.323. The number of imidazole rings is 1. The van der Waals surface area contributed by atoms with E-state index in [-0.39, 0.29) is 24.0 Å². The molecule has 1 saturated heterocycles. The van der Waals surface area contributed by atoms with Crippen LogP contribution in [0.25, 0.3) is 11.2 Å². The summed E-state index contributed by atoms with van der Waals surface area (Å²) < 4.78 is 23.8. The zero-order chi connectivity index (χ0) is 31.2. The highest BCUT2D eigenvalue weighted by Gasteiger charge is 2.51. The number of hydrogen-bond acceptors (Lipinski definition) is 12. The molecule has 0 bridgehead atoms. The van der Waals surface area contributed by atoms with E-state index in [0.717, 1.165) is 11.1 Å². The van der Waals surface area contributed by atoms with Crippen LogP contribution < -0.4 is 5.32 Å². The SMILES string of the molecule is CC(=O)OC[C@H]1OC(n2cnc3c(NCC(c4ccccc4)c4ccccc4)nc(C#N)nc32)C(OC(C)=O)C1OC(C)=O. The average Bonchev–Trinajstić information content (AvgIpc) is 3.57. The second kappa shape index (κ2) is 13.3. The number of carbonyl (C=O) groups excluding carboxylic acids is 3. The molecule has 4 atom stereocenters. The summed E-state index contributed by atoms with van der Waals surface area (Å²) in [4.78, 5) is 48.9. The first-order valence-corrected chi connectivity index (χ1v) is 13.9. The largest absolute Gasteiger partial charge is 0.463 e. The number of carbonyl (C=O) groups is 3. The number of nitrogens with zero attached hydrogens (tertiary/aromatic N) is 5. The summed E-state index contributed by atoms with van der Waals surface area (Å²) in [5.74, 6) is -1.73. The van der Waals surface area contributed by atoms with E-state index in [4.69, 9.17) is 18.9 Å². The lowest BCUT2D eigenvalue weighted by Gasteiger charge is -2.23. The van der Waals surface area contributed by atoms with Gasteiger partial charge in [-0.2, -0.15) is 15.2 Å². The number of ether oxygens (including phenoxy) is 4. The molecule has 1 aliphatic heterocycles. The molecule has 0 aliphatic carbocycles. The van der Waals surface area contributed by atoms with Crippen molar-refractivity contribution in [3.63, 3.8) is 0 Å². The van der Waals surface area contributed by atoms with Crippen molar-refractivity contribution in [1.82, 2.24) is 19.5 Å². The minimum atomic E-state index is -1.15. The van der Waals surface area contributed by atoms with E-state index in [2.05, 4.69) is 20.3 Å². The summed E-state index contributed by atoms with van der Waals surface area (Å²) in [5, 5.41) is 13.1. The molecule has 13 heteroatoms. The molecule has 1 aliphatic rings. The van der Waals surface area contributed by atoms with E-state index in [1.54, 1.807) is 0 Å². The van der Waals surface area contributed by atoms with Crippen LogP contribution in [0.15, 0.2) is 67.0 Å². The van der Waals surface area contributed by atoms with Crippen molar-refractivity contribution in [2.75, 3.05) is 18.5 Å². The molecule has 2 aromatic carbocycles. The van der Waals surface area contributed by atoms with Crippen LogP contribution in [0.2, 0.25) is 0 Å². The zero-order valence-corrected chi connectivity index (χ0v) is 24.2. The van der Waals surface area contributed by atoms with Gasteiger partial charge in [-0.15, -0.1) is 0 Å². The quantitative estimate of drug-likeness (QED) is 0.209. The van der Waals surface area contributed by atoms with E-state index >= 15 is 0 Å². The third-order valence-electron chi connectivity index (χ3n) is 7.01. The van der Waals surface area contributed by atoms with Gasteiger partial charge in [0.1, 0.15) is 18.8 Å². The summed E-state index contributed by atoms with van der Waals surface area (Å²) in [6.07, 6.45) is -2.90. The first kappa shape index (κ1) is 30.1. The average molecular weight is 599 g/mol. The van der Waals surface area contributed by atoms with Gasteiger partial charge in [-0.25, -0.2) is 4.98 Å². The Kier molecular flexibility index (Phi) is 9.11. The molecular weight excluding hydrogens is 568 g/mol. The topological polar surface area (TPSA) is 168 Å². The van der Waals surface area contributed by atoms with Gasteiger partial charge in [-0.3, -0.25) is 19.0 Å². The number of benzene rings is 2. The Morgan fingerprint density at radius 1 is 0.932 bits per heavy atom. The van der Waals surface area contributed by atoms with E-state index in [1.165, 1.54) is 31.7 Å². The van der Waals surface area contributed by atoms with Gasteiger partial charge in [0.15, 0.2) is 35.4 Å². The van der Waals surface area contributed by atoms with Crippen LogP contribution in [0.1, 0.15) is 49.9 Å². The van der Waals surface area contributed by atoms with E-state index in [9.17, 15) is 19.6 Å². The molecular formula is C31H30N6O7. The Labute approximate surface area is 252 Å². The van der Waals surface area contributed by atoms with Gasteiger partial charge < -0.3 is 24.3 Å². The second-order valence-corrected chi connectivity index (χ2v) is 10.1. The maximum Gasteiger partial charge on any atom is 0.303 e. The summed E-state index contributed by atoms with van der Waals surface area (Å²) in [5.41, 5.74) is 2.72. The van der Waals surface area contributed by atoms with Gasteiger partial charge in [-0.1, -0.05) is 60.7 Å². The van der Waals surface area contributed by atoms with E-state index in [0.29, 0.717) is 17.9 Å². The number of anilines is 1. The standard InChI is InChI=1S/C31H30N6O7/c1-18(38)41-16-24-27(42-19(2)39)28(43-20(3)40)31(44-24)37-17-34-26-29(35-25(14-32)36-30(26)37)33-15-23(21-10-6-4-7-11-21)22-12-8-5-9-13-22/h4-13,17,23-24,27-28,31H,15-16H2,1-3H3,(H,33,35,36)/t24-,27?,28?,31?/m1/s1. The molecule has 0 radical (unpaired) electrons. The molecule has 1 fully saturated rings. The molecule has 2 aromatic heterocycles. The third-order valence-corrected chi connectivity index (χ3v) is 7.01. The van der Waals surface area contributed by atoms with Crippen molar-refractivity contribution in [1.29, 1.82) is 5.26 Å². The predicted octanol–water partition coefficient (Wildman–Crippen LogP) is 3.27. The summed E-state index contributed by atoms with van der Waals surface area (Å²) in [6, 6.07) is 22.0. The van der Waals surface area contributed by atoms with Crippen LogP contribution in [0.5, 0.6) is 0 Å². The zero-order valence-electron chi connectivity index (χ0n) is 24.2. The molecule has 226 valence electrons. The minimum absolute atomic E-state index is 0.0481. The number of aromatic nitrogens is 4. The number of nitriles is 1. The molecule has 0 amide bonds. The number of hydrogen-bond donors (Lipinski definition) is 1. The van der Waals surface area contributed by atoms with Gasteiger partial charge in [0.25, 0.3) is 0 Å². The fourth-order valence-electron chi connectivity index (χ4n) is 5.19. The molecule has 3 unspecified atom stereocenters. The predicted molar refractivity (Wildman–Crippen MR) is 155 cm³/mol. The Morgan fingerprint density at radius 3 is 2.11 bits per heavy atom. The van der Waals surface area contributed by atoms with Crippen molar-refractivity contribution in [3.05, 3.63) is 83.9 Å². The second-order valence-electron chi connectivity index (χ2n) is 10.1. The Hall–Kier alpha value is -5.35. The molecule has 44 heavy (non-hydrogen) atoms. The first-order chi connectivity index (χ1) is 21.2. The maximum atomic E-state index is 12.1. The van der Waals surface area contributed by atoms with E-state index < -0.39 is 42.4 Å². The van der Waals surface area contributed by atoms with Gasteiger partial charge >= 0.3 is 17.9 Å². The highest BCUT2D eigenvalue weighted by molar-refractivity contribution is 5.83. The molecule has 4 aromatic rings. The Bertz CT molecular complexity index is 1650. The number of esters is 3. The van der Waals surface area contributed by atoms with Gasteiger partial charge in [0, 0.05) is 33.2 Å². The normalized spacial score (nSPS) is 19.3. The van der Waals surface area contributed by atoms with Crippen LogP contribution in [0.3, 0.4) is 0 Å². The van der Waals surface area contributed by atoms with Gasteiger partial charge in [0.05, 0.1) is 6.33 Å². The van der Waals surface area contributed by atoms with Crippen molar-refractivity contribution >= 4 is 34.9 Å². The number of rotatable bonds is 10. The lowest BCUT2D eigenvalue weighted by atomic mass is 9.91. The van der Waals surface area contributed by atoms with Crippen LogP contribution in [-0.4, -0.2) is 68.9 Å². The number of fused-ring (bicyclic) bond motifs is 1. The van der Waals surface area contributed by atoms with Crippen LogP contribution in [0, 0.1) is 11.3 Å².